The third kappa shape index (κ3) is 3.08. The van der Waals surface area contributed by atoms with Crippen molar-refractivity contribution >= 4 is 39.1 Å². The lowest BCUT2D eigenvalue weighted by atomic mass is 9.95. The van der Waals surface area contributed by atoms with Crippen molar-refractivity contribution in [2.24, 2.45) is 0 Å². The van der Waals surface area contributed by atoms with Crippen molar-refractivity contribution in [3.8, 4) is 0 Å². The Hall–Kier alpha value is -0.850. The molecule has 1 fully saturated rings. The maximum atomic E-state index is 4.85. The molecule has 2 aromatic rings. The first kappa shape index (κ1) is 15.7. The summed E-state index contributed by atoms with van der Waals surface area (Å²) in [6.07, 6.45) is 9.85. The minimum Gasteiger partial charge on any atom is -0.367 e. The van der Waals surface area contributed by atoms with Crippen LogP contribution in [-0.4, -0.2) is 35.9 Å². The third-order valence-corrected chi connectivity index (χ3v) is 6.78. The van der Waals surface area contributed by atoms with Crippen molar-refractivity contribution in [3.05, 3.63) is 10.4 Å². The van der Waals surface area contributed by atoms with Gasteiger partial charge in [-0.3, -0.25) is 0 Å². The van der Waals surface area contributed by atoms with Gasteiger partial charge in [-0.2, -0.15) is 0 Å². The molecule has 0 radical (unpaired) electrons. The second kappa shape index (κ2) is 6.57. The van der Waals surface area contributed by atoms with Crippen LogP contribution in [0, 0.1) is 0 Å². The lowest BCUT2D eigenvalue weighted by molar-refractivity contribution is -0.895. The molecule has 1 unspecified atom stereocenters. The summed E-state index contributed by atoms with van der Waals surface area (Å²) in [5.41, 5.74) is 1.52. The maximum Gasteiger partial charge on any atom is 0.190 e. The quantitative estimate of drug-likeness (QED) is 0.660. The summed E-state index contributed by atoms with van der Waals surface area (Å²) in [7, 11) is 2.29. The summed E-state index contributed by atoms with van der Waals surface area (Å²) in [5, 5.41) is 6.00. The average Bonchev–Trinajstić information content (AvgIpc) is 2.93. The lowest BCUT2D eigenvalue weighted by Gasteiger charge is -2.24. The van der Waals surface area contributed by atoms with Crippen molar-refractivity contribution < 1.29 is 4.90 Å². The van der Waals surface area contributed by atoms with E-state index in [1.165, 1.54) is 59.3 Å². The fraction of sp³-hybridized carbons (Fsp3) is 0.647. The second-order valence-electron chi connectivity index (χ2n) is 6.86. The molecule has 1 saturated carbocycles. The number of rotatable bonds is 3. The van der Waals surface area contributed by atoms with Gasteiger partial charge in [0, 0.05) is 12.5 Å². The molecule has 4 rings (SSSR count). The highest BCUT2D eigenvalue weighted by Crippen LogP contribution is 2.37. The number of thiophene rings is 1. The van der Waals surface area contributed by atoms with E-state index in [1.54, 1.807) is 16.7 Å². The second-order valence-corrected chi connectivity index (χ2v) is 8.71. The number of thioether (sulfide) groups is 1. The van der Waals surface area contributed by atoms with E-state index in [4.69, 9.17) is 9.97 Å². The van der Waals surface area contributed by atoms with Crippen LogP contribution in [0.2, 0.25) is 0 Å². The molecule has 0 amide bonds. The monoisotopic (exact) mass is 349 g/mol. The van der Waals surface area contributed by atoms with Crippen LogP contribution in [0.5, 0.6) is 0 Å². The van der Waals surface area contributed by atoms with E-state index in [9.17, 15) is 0 Å². The molecule has 124 valence electrons. The van der Waals surface area contributed by atoms with Gasteiger partial charge in [-0.25, -0.2) is 9.97 Å². The summed E-state index contributed by atoms with van der Waals surface area (Å²) >= 11 is 3.53. The Morgan fingerprint density at radius 3 is 2.83 bits per heavy atom. The summed E-state index contributed by atoms with van der Waals surface area (Å²) in [6.45, 7) is 2.35. The molecule has 23 heavy (non-hydrogen) atoms. The predicted octanol–water partition coefficient (Wildman–Crippen LogP) is 2.73. The predicted molar refractivity (Wildman–Crippen MR) is 98.9 cm³/mol. The Morgan fingerprint density at radius 2 is 2.04 bits per heavy atom. The van der Waals surface area contributed by atoms with Crippen LogP contribution < -0.4 is 10.2 Å². The minimum atomic E-state index is 0.587. The van der Waals surface area contributed by atoms with Gasteiger partial charge in [0.2, 0.25) is 0 Å². The highest BCUT2D eigenvalue weighted by Gasteiger charge is 2.26. The number of anilines is 1. The Labute approximate surface area is 146 Å². The number of hydrogen-bond donors (Lipinski definition) is 2. The smallest absolute Gasteiger partial charge is 0.190 e. The van der Waals surface area contributed by atoms with Gasteiger partial charge in [0.05, 0.1) is 23.9 Å². The highest BCUT2D eigenvalue weighted by molar-refractivity contribution is 7.98. The fourth-order valence-corrected chi connectivity index (χ4v) is 5.58. The minimum absolute atomic E-state index is 0.587. The van der Waals surface area contributed by atoms with Crippen molar-refractivity contribution in [2.75, 3.05) is 25.2 Å². The third-order valence-electron chi connectivity index (χ3n) is 5.11. The van der Waals surface area contributed by atoms with Gasteiger partial charge < -0.3 is 10.2 Å². The van der Waals surface area contributed by atoms with Gasteiger partial charge in [-0.05, 0) is 24.7 Å². The van der Waals surface area contributed by atoms with Gasteiger partial charge >= 0.3 is 0 Å². The number of nitrogens with zero attached hydrogens (tertiary/aromatic N) is 2. The van der Waals surface area contributed by atoms with Gasteiger partial charge in [-0.1, -0.05) is 31.0 Å². The molecule has 0 bridgehead atoms. The molecule has 4 nitrogen and oxygen atoms in total. The first-order valence-corrected chi connectivity index (χ1v) is 10.7. The van der Waals surface area contributed by atoms with E-state index in [2.05, 4.69) is 18.6 Å². The van der Waals surface area contributed by atoms with Crippen LogP contribution in [0.3, 0.4) is 0 Å². The van der Waals surface area contributed by atoms with Crippen molar-refractivity contribution in [1.29, 1.82) is 0 Å². The molecule has 3 heterocycles. The molecule has 0 spiro atoms. The number of fused-ring (bicyclic) bond motifs is 3. The molecule has 2 aromatic heterocycles. The van der Waals surface area contributed by atoms with Crippen LogP contribution in [0.15, 0.2) is 5.16 Å². The SMILES string of the molecule is CSc1nc(NC2CCCCC2)c2c3c(sc2n1)C[NH+](C)CC3. The zero-order valence-corrected chi connectivity index (χ0v) is 15.6. The Morgan fingerprint density at radius 1 is 1.22 bits per heavy atom. The van der Waals surface area contributed by atoms with Crippen LogP contribution in [0.4, 0.5) is 5.82 Å². The largest absolute Gasteiger partial charge is 0.367 e. The zero-order chi connectivity index (χ0) is 15.8. The first-order chi connectivity index (χ1) is 11.2. The van der Waals surface area contributed by atoms with Gasteiger partial charge in [0.1, 0.15) is 17.2 Å². The molecular formula is C17H25N4S2+. The van der Waals surface area contributed by atoms with Crippen LogP contribution in [-0.2, 0) is 13.0 Å². The van der Waals surface area contributed by atoms with E-state index >= 15 is 0 Å². The number of aromatic nitrogens is 2. The van der Waals surface area contributed by atoms with Gasteiger partial charge in [0.15, 0.2) is 5.16 Å². The molecule has 0 saturated heterocycles. The molecule has 2 N–H and O–H groups in total. The normalized spacial score (nSPS) is 22.3. The van der Waals surface area contributed by atoms with E-state index in [0.717, 1.165) is 23.9 Å². The van der Waals surface area contributed by atoms with E-state index in [0.29, 0.717) is 6.04 Å². The van der Waals surface area contributed by atoms with E-state index < -0.39 is 0 Å². The maximum absolute atomic E-state index is 4.85. The Bertz CT molecular complexity index is 706. The zero-order valence-electron chi connectivity index (χ0n) is 13.9. The summed E-state index contributed by atoms with van der Waals surface area (Å²) < 4.78 is 0. The Kier molecular flexibility index (Phi) is 4.48. The summed E-state index contributed by atoms with van der Waals surface area (Å²) in [4.78, 5) is 14.0. The molecule has 1 aliphatic carbocycles. The molecule has 1 aliphatic heterocycles. The van der Waals surface area contributed by atoms with Crippen LogP contribution in [0.25, 0.3) is 10.2 Å². The van der Waals surface area contributed by atoms with Gasteiger partial charge in [0.25, 0.3) is 0 Å². The van der Waals surface area contributed by atoms with Gasteiger partial charge in [-0.15, -0.1) is 11.3 Å². The van der Waals surface area contributed by atoms with Crippen molar-refractivity contribution in [1.82, 2.24) is 9.97 Å². The topological polar surface area (TPSA) is 42.2 Å². The molecular weight excluding hydrogens is 324 g/mol. The van der Waals surface area contributed by atoms with Crippen molar-refractivity contribution in [2.45, 2.75) is 56.3 Å². The lowest BCUT2D eigenvalue weighted by Crippen LogP contribution is -3.08. The average molecular weight is 350 g/mol. The number of nitrogens with one attached hydrogen (secondary N) is 2. The first-order valence-electron chi connectivity index (χ1n) is 8.68. The number of likely N-dealkylation sites (N-methyl/N-ethyl adjacent to an activating group) is 1. The van der Waals surface area contributed by atoms with Crippen LogP contribution in [0.1, 0.15) is 42.5 Å². The van der Waals surface area contributed by atoms with Crippen LogP contribution >= 0.6 is 23.1 Å². The van der Waals surface area contributed by atoms with E-state index in [1.807, 2.05) is 11.3 Å². The number of hydrogen-bond acceptors (Lipinski definition) is 5. The summed E-state index contributed by atoms with van der Waals surface area (Å²) in [6, 6.07) is 0.587. The molecule has 2 aliphatic rings. The molecule has 0 aromatic carbocycles. The molecule has 6 heteroatoms. The fourth-order valence-electron chi connectivity index (χ4n) is 3.83. The number of quaternary nitrogens is 1. The van der Waals surface area contributed by atoms with Crippen molar-refractivity contribution in [3.63, 3.8) is 0 Å². The molecule has 1 atom stereocenters. The van der Waals surface area contributed by atoms with E-state index in [-0.39, 0.29) is 0 Å². The highest BCUT2D eigenvalue weighted by atomic mass is 32.2. The Balaban J connectivity index is 1.77. The standard InChI is InChI=1S/C17H24N4S2/c1-21-9-8-12-13(10-21)23-16-14(12)15(19-17(20-16)22-2)18-11-6-4-3-5-7-11/h11H,3-10H2,1-2H3,(H,18,19,20)/p+1. The summed E-state index contributed by atoms with van der Waals surface area (Å²) in [5.74, 6) is 1.10.